The second kappa shape index (κ2) is 8.45. The third-order valence-corrected chi connectivity index (χ3v) is 4.03. The number of hydrogen-bond donors (Lipinski definition) is 2. The molecule has 0 saturated heterocycles. The summed E-state index contributed by atoms with van der Waals surface area (Å²) in [6, 6.07) is 14.5. The van der Waals surface area contributed by atoms with Crippen molar-refractivity contribution in [2.24, 2.45) is 5.73 Å². The predicted octanol–water partition coefficient (Wildman–Crippen LogP) is 1.69. The fourth-order valence-electron chi connectivity index (χ4n) is 2.71. The van der Waals surface area contributed by atoms with E-state index in [0.717, 1.165) is 6.42 Å². The average molecular weight is 327 g/mol. The van der Waals surface area contributed by atoms with Crippen molar-refractivity contribution in [2.75, 3.05) is 19.6 Å². The molecule has 5 heteroatoms. The first kappa shape index (κ1) is 17.9. The molecular formula is C19H25N3O2. The minimum absolute atomic E-state index is 0.0846. The topological polar surface area (TPSA) is 75.4 Å². The maximum absolute atomic E-state index is 12.1. The zero-order chi connectivity index (χ0) is 17.5. The third kappa shape index (κ3) is 5.06. The van der Waals surface area contributed by atoms with Crippen molar-refractivity contribution >= 4 is 22.6 Å². The zero-order valence-corrected chi connectivity index (χ0v) is 14.3. The van der Waals surface area contributed by atoms with Crippen molar-refractivity contribution in [1.29, 1.82) is 0 Å². The van der Waals surface area contributed by atoms with Gasteiger partial charge in [-0.05, 0) is 36.6 Å². The van der Waals surface area contributed by atoms with Crippen molar-refractivity contribution in [3.63, 3.8) is 0 Å². The van der Waals surface area contributed by atoms with E-state index in [1.54, 1.807) is 4.90 Å². The van der Waals surface area contributed by atoms with Gasteiger partial charge in [0.15, 0.2) is 0 Å². The Hall–Kier alpha value is -2.40. The van der Waals surface area contributed by atoms with Crippen LogP contribution in [0.15, 0.2) is 42.5 Å². The van der Waals surface area contributed by atoms with Crippen LogP contribution in [0.25, 0.3) is 10.8 Å². The molecule has 0 aliphatic heterocycles. The molecule has 5 nitrogen and oxygen atoms in total. The summed E-state index contributed by atoms with van der Waals surface area (Å²) in [5.74, 6) is -0.516. The second-order valence-electron chi connectivity index (χ2n) is 6.20. The fourth-order valence-corrected chi connectivity index (χ4v) is 2.71. The van der Waals surface area contributed by atoms with Crippen LogP contribution in [0, 0.1) is 0 Å². The van der Waals surface area contributed by atoms with Gasteiger partial charge in [0, 0.05) is 12.6 Å². The Balaban J connectivity index is 1.88. The number of fused-ring (bicyclic) bond motifs is 1. The van der Waals surface area contributed by atoms with Crippen molar-refractivity contribution in [1.82, 2.24) is 10.2 Å². The molecule has 2 amide bonds. The molecular weight excluding hydrogens is 302 g/mol. The van der Waals surface area contributed by atoms with Crippen LogP contribution in [0.2, 0.25) is 0 Å². The lowest BCUT2D eigenvalue weighted by Gasteiger charge is -2.24. The molecule has 0 aromatic heterocycles. The van der Waals surface area contributed by atoms with Gasteiger partial charge in [0.05, 0.1) is 13.1 Å². The molecule has 0 unspecified atom stereocenters. The largest absolute Gasteiger partial charge is 0.369 e. The van der Waals surface area contributed by atoms with Gasteiger partial charge in [-0.15, -0.1) is 0 Å². The number of nitrogens with one attached hydrogen (secondary N) is 1. The van der Waals surface area contributed by atoms with Crippen molar-refractivity contribution in [2.45, 2.75) is 26.3 Å². The molecule has 0 aliphatic rings. The van der Waals surface area contributed by atoms with E-state index in [1.165, 1.54) is 16.3 Å². The second-order valence-corrected chi connectivity index (χ2v) is 6.20. The summed E-state index contributed by atoms with van der Waals surface area (Å²) in [7, 11) is 0. The quantitative estimate of drug-likeness (QED) is 0.775. The van der Waals surface area contributed by atoms with Crippen molar-refractivity contribution < 1.29 is 9.59 Å². The molecule has 2 aromatic rings. The number of carbonyl (C=O) groups excluding carboxylic acids is 2. The number of carbonyl (C=O) groups is 2. The molecule has 0 fully saturated rings. The van der Waals surface area contributed by atoms with Gasteiger partial charge in [0.2, 0.25) is 11.8 Å². The number of nitrogens with zero attached hydrogens (tertiary/aromatic N) is 1. The number of nitrogens with two attached hydrogens (primary N) is 1. The molecule has 0 radical (unpaired) electrons. The summed E-state index contributed by atoms with van der Waals surface area (Å²) in [6.45, 7) is 4.71. The first-order valence-corrected chi connectivity index (χ1v) is 8.23. The van der Waals surface area contributed by atoms with Gasteiger partial charge in [-0.2, -0.15) is 0 Å². The number of primary amides is 1. The first-order chi connectivity index (χ1) is 11.5. The van der Waals surface area contributed by atoms with Crippen LogP contribution in [-0.4, -0.2) is 42.4 Å². The minimum Gasteiger partial charge on any atom is -0.369 e. The Kier molecular flexibility index (Phi) is 6.32. The van der Waals surface area contributed by atoms with Gasteiger partial charge in [-0.25, -0.2) is 0 Å². The summed E-state index contributed by atoms with van der Waals surface area (Å²) in [4.78, 5) is 24.9. The molecule has 2 rings (SSSR count). The summed E-state index contributed by atoms with van der Waals surface area (Å²) in [5.41, 5.74) is 6.44. The molecule has 0 bridgehead atoms. The summed E-state index contributed by atoms with van der Waals surface area (Å²) >= 11 is 0. The molecule has 0 atom stereocenters. The van der Waals surface area contributed by atoms with Gasteiger partial charge < -0.3 is 11.1 Å². The Bertz CT molecular complexity index is 707. The number of amides is 2. The molecule has 0 aliphatic carbocycles. The van der Waals surface area contributed by atoms with E-state index in [1.807, 2.05) is 32.0 Å². The Morgan fingerprint density at radius 2 is 1.79 bits per heavy atom. The minimum atomic E-state index is -0.424. The number of hydrogen-bond acceptors (Lipinski definition) is 3. The van der Waals surface area contributed by atoms with Crippen LogP contribution in [0.3, 0.4) is 0 Å². The number of rotatable bonds is 8. The highest BCUT2D eigenvalue weighted by Gasteiger charge is 2.15. The van der Waals surface area contributed by atoms with Crippen LogP contribution in [0.4, 0.5) is 0 Å². The Morgan fingerprint density at radius 1 is 1.08 bits per heavy atom. The molecule has 0 spiro atoms. The SMILES string of the molecule is CC(C)N(CC(N)=O)CC(=O)NCCc1cccc2ccccc12. The van der Waals surface area contributed by atoms with Crippen molar-refractivity contribution in [3.8, 4) is 0 Å². The third-order valence-electron chi connectivity index (χ3n) is 4.03. The lowest BCUT2D eigenvalue weighted by molar-refractivity contribution is -0.124. The maximum atomic E-state index is 12.1. The zero-order valence-electron chi connectivity index (χ0n) is 14.3. The van der Waals surface area contributed by atoms with Crippen molar-refractivity contribution in [3.05, 3.63) is 48.0 Å². The lowest BCUT2D eigenvalue weighted by Crippen LogP contribution is -2.45. The maximum Gasteiger partial charge on any atom is 0.234 e. The van der Waals surface area contributed by atoms with Gasteiger partial charge in [0.1, 0.15) is 0 Å². The van der Waals surface area contributed by atoms with Crippen LogP contribution in [0.5, 0.6) is 0 Å². The van der Waals surface area contributed by atoms with E-state index in [9.17, 15) is 9.59 Å². The van der Waals surface area contributed by atoms with Gasteiger partial charge in [0.25, 0.3) is 0 Å². The van der Waals surface area contributed by atoms with Crippen LogP contribution < -0.4 is 11.1 Å². The summed E-state index contributed by atoms with van der Waals surface area (Å²) in [6.07, 6.45) is 0.768. The van der Waals surface area contributed by atoms with E-state index in [-0.39, 0.29) is 25.0 Å². The Labute approximate surface area is 142 Å². The Morgan fingerprint density at radius 3 is 2.50 bits per heavy atom. The van der Waals surface area contributed by atoms with Crippen LogP contribution in [0.1, 0.15) is 19.4 Å². The molecule has 2 aromatic carbocycles. The predicted molar refractivity (Wildman–Crippen MR) is 96.6 cm³/mol. The fraction of sp³-hybridized carbons (Fsp3) is 0.368. The highest BCUT2D eigenvalue weighted by Crippen LogP contribution is 2.18. The molecule has 0 saturated carbocycles. The standard InChI is InChI=1S/C19H25N3O2/c1-14(2)22(12-18(20)23)13-19(24)21-11-10-16-8-5-7-15-6-3-4-9-17(15)16/h3-9,14H,10-13H2,1-2H3,(H2,20,23)(H,21,24). The van der Waals surface area contributed by atoms with E-state index in [2.05, 4.69) is 29.6 Å². The normalized spacial score (nSPS) is 11.2. The smallest absolute Gasteiger partial charge is 0.234 e. The summed E-state index contributed by atoms with van der Waals surface area (Å²) < 4.78 is 0. The van der Waals surface area contributed by atoms with E-state index >= 15 is 0 Å². The average Bonchev–Trinajstić information content (AvgIpc) is 2.54. The molecule has 3 N–H and O–H groups in total. The first-order valence-electron chi connectivity index (χ1n) is 8.23. The van der Waals surface area contributed by atoms with Gasteiger partial charge in [-0.1, -0.05) is 42.5 Å². The summed E-state index contributed by atoms with van der Waals surface area (Å²) in [5, 5.41) is 5.34. The highest BCUT2D eigenvalue weighted by atomic mass is 16.2. The monoisotopic (exact) mass is 327 g/mol. The van der Waals surface area contributed by atoms with E-state index in [4.69, 9.17) is 5.73 Å². The molecule has 0 heterocycles. The lowest BCUT2D eigenvalue weighted by atomic mass is 10.0. The highest BCUT2D eigenvalue weighted by molar-refractivity contribution is 5.85. The molecule has 128 valence electrons. The molecule has 24 heavy (non-hydrogen) atoms. The van der Waals surface area contributed by atoms with Gasteiger partial charge >= 0.3 is 0 Å². The van der Waals surface area contributed by atoms with Crippen LogP contribution in [-0.2, 0) is 16.0 Å². The van der Waals surface area contributed by atoms with Crippen LogP contribution >= 0.6 is 0 Å². The van der Waals surface area contributed by atoms with Gasteiger partial charge in [-0.3, -0.25) is 14.5 Å². The van der Waals surface area contributed by atoms with E-state index < -0.39 is 5.91 Å². The number of benzene rings is 2. The van der Waals surface area contributed by atoms with E-state index in [0.29, 0.717) is 6.54 Å².